The summed E-state index contributed by atoms with van der Waals surface area (Å²) in [5.41, 5.74) is 0. The fourth-order valence-electron chi connectivity index (χ4n) is 5.78. The molecule has 0 aromatic carbocycles. The van der Waals surface area contributed by atoms with E-state index in [4.69, 9.17) is 0 Å². The van der Waals surface area contributed by atoms with Gasteiger partial charge in [0.15, 0.2) is 0 Å². The van der Waals surface area contributed by atoms with Crippen molar-refractivity contribution in [3.8, 4) is 0 Å². The van der Waals surface area contributed by atoms with E-state index in [1.54, 1.807) is 0 Å². The molecular formula is C17H28N2O. The van der Waals surface area contributed by atoms with E-state index >= 15 is 0 Å². The van der Waals surface area contributed by atoms with Crippen LogP contribution < -0.4 is 5.32 Å². The average molecular weight is 276 g/mol. The molecule has 3 saturated carbocycles. The molecule has 1 aliphatic heterocycles. The molecule has 1 heterocycles. The van der Waals surface area contributed by atoms with Crippen LogP contribution in [0.4, 0.5) is 0 Å². The fourth-order valence-corrected chi connectivity index (χ4v) is 5.78. The molecule has 1 N–H and O–H groups in total. The molecule has 4 rings (SSSR count). The molecule has 3 nitrogen and oxygen atoms in total. The fraction of sp³-hybridized carbons (Fsp3) is 0.941. The molecular weight excluding hydrogens is 248 g/mol. The molecule has 3 heteroatoms. The maximum atomic E-state index is 12.8. The molecule has 2 bridgehead atoms. The Labute approximate surface area is 122 Å². The van der Waals surface area contributed by atoms with E-state index in [2.05, 4.69) is 24.1 Å². The highest BCUT2D eigenvalue weighted by Gasteiger charge is 2.68. The lowest BCUT2D eigenvalue weighted by atomic mass is 9.92. The van der Waals surface area contributed by atoms with Gasteiger partial charge < -0.3 is 10.2 Å². The first kappa shape index (κ1) is 13.1. The van der Waals surface area contributed by atoms with E-state index in [1.165, 1.54) is 19.3 Å². The minimum atomic E-state index is 0.434. The zero-order chi connectivity index (χ0) is 13.9. The van der Waals surface area contributed by atoms with Crippen LogP contribution in [0.3, 0.4) is 0 Å². The summed E-state index contributed by atoms with van der Waals surface area (Å²) in [6.45, 7) is 7.46. The number of likely N-dealkylation sites (tertiary alicyclic amines) is 1. The van der Waals surface area contributed by atoms with E-state index < -0.39 is 0 Å². The molecule has 1 amide bonds. The third kappa shape index (κ3) is 1.85. The second-order valence-corrected chi connectivity index (χ2v) is 7.73. The zero-order valence-electron chi connectivity index (χ0n) is 12.8. The number of hydrogen-bond donors (Lipinski definition) is 1. The van der Waals surface area contributed by atoms with Crippen molar-refractivity contribution in [1.29, 1.82) is 0 Å². The number of fused-ring (bicyclic) bond motifs is 5. The third-order valence-electron chi connectivity index (χ3n) is 6.70. The van der Waals surface area contributed by atoms with Gasteiger partial charge in [-0.25, -0.2) is 0 Å². The number of hydrogen-bond acceptors (Lipinski definition) is 2. The molecule has 0 spiro atoms. The topological polar surface area (TPSA) is 32.3 Å². The van der Waals surface area contributed by atoms with Crippen molar-refractivity contribution in [3.05, 3.63) is 0 Å². The highest BCUT2D eigenvalue weighted by molar-refractivity contribution is 5.83. The van der Waals surface area contributed by atoms with Crippen molar-refractivity contribution in [2.75, 3.05) is 19.6 Å². The Bertz CT molecular complexity index is 394. The number of nitrogens with zero attached hydrogens (tertiary/aromatic N) is 1. The Morgan fingerprint density at radius 1 is 1.20 bits per heavy atom. The van der Waals surface area contributed by atoms with Gasteiger partial charge in [-0.1, -0.05) is 13.8 Å². The number of piperidine rings is 1. The Balaban J connectivity index is 1.37. The summed E-state index contributed by atoms with van der Waals surface area (Å²) in [4.78, 5) is 15.0. The molecule has 0 radical (unpaired) electrons. The van der Waals surface area contributed by atoms with Crippen molar-refractivity contribution in [2.24, 2.45) is 35.5 Å². The van der Waals surface area contributed by atoms with Gasteiger partial charge in [0.2, 0.25) is 5.91 Å². The van der Waals surface area contributed by atoms with Crippen LogP contribution >= 0.6 is 0 Å². The van der Waals surface area contributed by atoms with E-state index in [-0.39, 0.29) is 0 Å². The smallest absolute Gasteiger partial charge is 0.226 e. The van der Waals surface area contributed by atoms with Gasteiger partial charge in [-0.2, -0.15) is 0 Å². The molecule has 4 aliphatic rings. The predicted molar refractivity (Wildman–Crippen MR) is 79.1 cm³/mol. The first-order chi connectivity index (χ1) is 9.70. The summed E-state index contributed by atoms with van der Waals surface area (Å²) in [5, 5.41) is 3.56. The summed E-state index contributed by atoms with van der Waals surface area (Å²) in [6, 6.07) is 0.610. The predicted octanol–water partition coefficient (Wildman–Crippen LogP) is 2.12. The monoisotopic (exact) mass is 276 g/mol. The van der Waals surface area contributed by atoms with Gasteiger partial charge in [-0.05, 0) is 61.8 Å². The van der Waals surface area contributed by atoms with Crippen LogP contribution in [-0.2, 0) is 4.79 Å². The molecule has 6 unspecified atom stereocenters. The van der Waals surface area contributed by atoms with Gasteiger partial charge in [0.1, 0.15) is 0 Å². The minimum absolute atomic E-state index is 0.434. The quantitative estimate of drug-likeness (QED) is 0.856. The van der Waals surface area contributed by atoms with Gasteiger partial charge in [-0.15, -0.1) is 0 Å². The number of carbonyl (C=O) groups excluding carboxylic acids is 1. The van der Waals surface area contributed by atoms with Crippen LogP contribution in [0, 0.1) is 35.5 Å². The van der Waals surface area contributed by atoms with Crippen LogP contribution in [-0.4, -0.2) is 36.5 Å². The maximum Gasteiger partial charge on any atom is 0.226 e. The maximum absolute atomic E-state index is 12.8. The lowest BCUT2D eigenvalue weighted by Gasteiger charge is -2.37. The molecule has 4 fully saturated rings. The van der Waals surface area contributed by atoms with Crippen molar-refractivity contribution in [1.82, 2.24) is 10.2 Å². The number of carbonyl (C=O) groups is 1. The first-order valence-electron chi connectivity index (χ1n) is 8.73. The summed E-state index contributed by atoms with van der Waals surface area (Å²) in [7, 11) is 0. The molecule has 3 aliphatic carbocycles. The molecule has 1 saturated heterocycles. The Morgan fingerprint density at radius 3 is 2.50 bits per heavy atom. The lowest BCUT2D eigenvalue weighted by molar-refractivity contribution is -0.135. The van der Waals surface area contributed by atoms with Gasteiger partial charge in [-0.3, -0.25) is 4.79 Å². The normalized spacial score (nSPS) is 49.3. The van der Waals surface area contributed by atoms with Crippen LogP contribution in [0.15, 0.2) is 0 Å². The van der Waals surface area contributed by atoms with Gasteiger partial charge >= 0.3 is 0 Å². The average Bonchev–Trinajstić information content (AvgIpc) is 2.88. The largest absolute Gasteiger partial charge is 0.342 e. The number of amides is 1. The van der Waals surface area contributed by atoms with Crippen LogP contribution in [0.25, 0.3) is 0 Å². The molecule has 6 atom stereocenters. The second-order valence-electron chi connectivity index (χ2n) is 7.73. The van der Waals surface area contributed by atoms with E-state index in [0.717, 1.165) is 49.7 Å². The Hall–Kier alpha value is -0.570. The van der Waals surface area contributed by atoms with E-state index in [9.17, 15) is 4.79 Å². The summed E-state index contributed by atoms with van der Waals surface area (Å²) in [6.07, 6.45) is 5.40. The van der Waals surface area contributed by atoms with Crippen molar-refractivity contribution in [3.63, 3.8) is 0 Å². The van der Waals surface area contributed by atoms with Crippen molar-refractivity contribution < 1.29 is 4.79 Å². The Kier molecular flexibility index (Phi) is 3.10. The van der Waals surface area contributed by atoms with Crippen molar-refractivity contribution in [2.45, 2.75) is 45.6 Å². The first-order valence-corrected chi connectivity index (χ1v) is 8.73. The highest BCUT2D eigenvalue weighted by atomic mass is 16.2. The summed E-state index contributed by atoms with van der Waals surface area (Å²) >= 11 is 0. The number of nitrogens with one attached hydrogen (secondary N) is 1. The van der Waals surface area contributed by atoms with Crippen LogP contribution in [0.2, 0.25) is 0 Å². The Morgan fingerprint density at radius 2 is 1.90 bits per heavy atom. The molecule has 20 heavy (non-hydrogen) atoms. The third-order valence-corrected chi connectivity index (χ3v) is 6.70. The van der Waals surface area contributed by atoms with Gasteiger partial charge in [0.05, 0.1) is 0 Å². The molecule has 112 valence electrons. The zero-order valence-corrected chi connectivity index (χ0v) is 12.8. The highest BCUT2D eigenvalue weighted by Crippen LogP contribution is 2.69. The molecule has 0 aromatic rings. The van der Waals surface area contributed by atoms with Crippen LogP contribution in [0.5, 0.6) is 0 Å². The van der Waals surface area contributed by atoms with Crippen LogP contribution in [0.1, 0.15) is 39.5 Å². The summed E-state index contributed by atoms with van der Waals surface area (Å²) in [5.74, 6) is 4.96. The lowest BCUT2D eigenvalue weighted by Crippen LogP contribution is -2.50. The minimum Gasteiger partial charge on any atom is -0.342 e. The molecule has 0 aromatic heterocycles. The number of rotatable bonds is 3. The van der Waals surface area contributed by atoms with Crippen molar-refractivity contribution >= 4 is 5.91 Å². The summed E-state index contributed by atoms with van der Waals surface area (Å²) < 4.78 is 0. The van der Waals surface area contributed by atoms with Gasteiger partial charge in [0.25, 0.3) is 0 Å². The van der Waals surface area contributed by atoms with Gasteiger partial charge in [0, 0.05) is 25.0 Å². The second kappa shape index (κ2) is 4.72. The SMILES string of the molecule is CCNC1CCN(C(=O)C2C3C4CCC(C4)C23)CC1C. The van der Waals surface area contributed by atoms with E-state index in [1.807, 2.05) is 0 Å². The standard InChI is InChI=1S/C17H28N2O/c1-3-18-13-6-7-19(9-10(13)2)17(20)16-14-11-4-5-12(8-11)15(14)16/h10-16,18H,3-9H2,1-2H3. The van der Waals surface area contributed by atoms with E-state index in [0.29, 0.717) is 23.8 Å².